The van der Waals surface area contributed by atoms with Crippen molar-refractivity contribution in [2.45, 2.75) is 20.3 Å². The Hall–Kier alpha value is -1.64. The molecule has 1 aromatic rings. The van der Waals surface area contributed by atoms with Gasteiger partial charge in [-0.3, -0.25) is 9.59 Å². The molecule has 78 valence electrons. The molecule has 1 heterocycles. The average molecular weight is 203 g/mol. The monoisotopic (exact) mass is 203 g/mol. The third kappa shape index (κ3) is 1.77. The molecule has 0 aliphatic carbocycles. The van der Waals surface area contributed by atoms with Gasteiger partial charge in [0.1, 0.15) is 0 Å². The zero-order valence-corrected chi connectivity index (χ0v) is 8.91. The van der Waals surface area contributed by atoms with Gasteiger partial charge in [0.15, 0.2) is 5.78 Å². The van der Waals surface area contributed by atoms with E-state index >= 15 is 0 Å². The molecule has 3 heteroatoms. The molecule has 0 aromatic heterocycles. The van der Waals surface area contributed by atoms with Gasteiger partial charge >= 0.3 is 0 Å². The molecule has 0 saturated carbocycles. The van der Waals surface area contributed by atoms with E-state index in [0.717, 1.165) is 16.8 Å². The van der Waals surface area contributed by atoms with E-state index in [1.807, 2.05) is 32.0 Å². The van der Waals surface area contributed by atoms with Crippen LogP contribution in [0.2, 0.25) is 0 Å². The summed E-state index contributed by atoms with van der Waals surface area (Å²) in [6.45, 7) is 4.15. The summed E-state index contributed by atoms with van der Waals surface area (Å²) in [5.41, 5.74) is 3.00. The Kier molecular flexibility index (Phi) is 2.31. The van der Waals surface area contributed by atoms with Crippen molar-refractivity contribution in [3.05, 3.63) is 29.3 Å². The number of carbonyl (C=O) groups is 2. The van der Waals surface area contributed by atoms with E-state index < -0.39 is 0 Å². The van der Waals surface area contributed by atoms with Gasteiger partial charge in [-0.05, 0) is 31.0 Å². The van der Waals surface area contributed by atoms with Gasteiger partial charge < -0.3 is 4.90 Å². The molecule has 3 nitrogen and oxygen atoms in total. The summed E-state index contributed by atoms with van der Waals surface area (Å²) in [7, 11) is 0. The van der Waals surface area contributed by atoms with Crippen LogP contribution in [0, 0.1) is 13.8 Å². The molecule has 0 radical (unpaired) electrons. The number of anilines is 1. The first-order chi connectivity index (χ1) is 7.08. The van der Waals surface area contributed by atoms with Crippen molar-refractivity contribution in [1.82, 2.24) is 0 Å². The molecule has 0 atom stereocenters. The summed E-state index contributed by atoms with van der Waals surface area (Å²) >= 11 is 0. The lowest BCUT2D eigenvalue weighted by atomic mass is 10.1. The fraction of sp³-hybridized carbons (Fsp3) is 0.333. The van der Waals surface area contributed by atoms with Crippen molar-refractivity contribution in [2.24, 2.45) is 0 Å². The first-order valence-corrected chi connectivity index (χ1v) is 4.97. The quantitative estimate of drug-likeness (QED) is 0.650. The van der Waals surface area contributed by atoms with Gasteiger partial charge in [-0.2, -0.15) is 0 Å². The van der Waals surface area contributed by atoms with E-state index in [9.17, 15) is 9.59 Å². The highest BCUT2D eigenvalue weighted by Gasteiger charge is 2.29. The molecule has 1 amide bonds. The van der Waals surface area contributed by atoms with Crippen LogP contribution in [0.5, 0.6) is 0 Å². The molecule has 0 N–H and O–H groups in total. The van der Waals surface area contributed by atoms with Gasteiger partial charge in [-0.25, -0.2) is 0 Å². The molecule has 15 heavy (non-hydrogen) atoms. The summed E-state index contributed by atoms with van der Waals surface area (Å²) < 4.78 is 0. The molecule has 0 bridgehead atoms. The highest BCUT2D eigenvalue weighted by molar-refractivity contribution is 6.15. The van der Waals surface area contributed by atoms with Crippen LogP contribution in [0.25, 0.3) is 0 Å². The minimum absolute atomic E-state index is 0.000839. The van der Waals surface area contributed by atoms with E-state index in [4.69, 9.17) is 0 Å². The third-order valence-corrected chi connectivity index (χ3v) is 2.64. The van der Waals surface area contributed by atoms with Crippen molar-refractivity contribution >= 4 is 17.4 Å². The summed E-state index contributed by atoms with van der Waals surface area (Å²) in [6.07, 6.45) is 0.0490. The van der Waals surface area contributed by atoms with Crippen molar-refractivity contribution in [3.63, 3.8) is 0 Å². The normalized spacial score (nSPS) is 16.3. The van der Waals surface area contributed by atoms with Crippen LogP contribution in [-0.4, -0.2) is 18.2 Å². The smallest absolute Gasteiger partial charge is 0.234 e. The van der Waals surface area contributed by atoms with Gasteiger partial charge in [-0.15, -0.1) is 0 Å². The number of amides is 1. The van der Waals surface area contributed by atoms with Crippen LogP contribution in [0.15, 0.2) is 18.2 Å². The number of ketones is 1. The number of nitrogens with zero attached hydrogens (tertiary/aromatic N) is 1. The van der Waals surface area contributed by atoms with Crippen LogP contribution in [-0.2, 0) is 9.59 Å². The lowest BCUT2D eigenvalue weighted by molar-refractivity contribution is -0.121. The number of rotatable bonds is 1. The number of benzene rings is 1. The predicted octanol–water partition coefficient (Wildman–Crippen LogP) is 1.61. The van der Waals surface area contributed by atoms with E-state index in [1.165, 1.54) is 0 Å². The van der Waals surface area contributed by atoms with E-state index in [0.29, 0.717) is 0 Å². The highest BCUT2D eigenvalue weighted by Crippen LogP contribution is 2.24. The highest BCUT2D eigenvalue weighted by atomic mass is 16.2. The van der Waals surface area contributed by atoms with E-state index in [-0.39, 0.29) is 24.7 Å². The maximum Gasteiger partial charge on any atom is 0.234 e. The van der Waals surface area contributed by atoms with Crippen molar-refractivity contribution < 1.29 is 9.59 Å². The van der Waals surface area contributed by atoms with Gasteiger partial charge in [0.05, 0.1) is 13.0 Å². The SMILES string of the molecule is Cc1ccc(C)c(N2CC(=O)CC2=O)c1. The van der Waals surface area contributed by atoms with Crippen LogP contribution in [0.3, 0.4) is 0 Å². The topological polar surface area (TPSA) is 37.4 Å². The largest absolute Gasteiger partial charge is 0.304 e. The second-order valence-electron chi connectivity index (χ2n) is 3.99. The third-order valence-electron chi connectivity index (χ3n) is 2.64. The fourth-order valence-corrected chi connectivity index (χ4v) is 1.81. The summed E-state index contributed by atoms with van der Waals surface area (Å²) in [4.78, 5) is 24.3. The molecule has 1 aliphatic rings. The van der Waals surface area contributed by atoms with Crippen LogP contribution in [0.1, 0.15) is 17.5 Å². The Morgan fingerprint density at radius 2 is 1.93 bits per heavy atom. The molecule has 1 aromatic carbocycles. The lowest BCUT2D eigenvalue weighted by Crippen LogP contribution is -2.25. The van der Waals surface area contributed by atoms with Crippen LogP contribution < -0.4 is 4.90 Å². The molecule has 1 aliphatic heterocycles. The Labute approximate surface area is 88.7 Å². The maximum atomic E-state index is 11.6. The molecular weight excluding hydrogens is 190 g/mol. The molecule has 1 fully saturated rings. The fourth-order valence-electron chi connectivity index (χ4n) is 1.81. The second kappa shape index (κ2) is 3.50. The minimum atomic E-state index is -0.0892. The van der Waals surface area contributed by atoms with Crippen LogP contribution in [0.4, 0.5) is 5.69 Å². The Bertz CT molecular complexity index is 437. The molecule has 1 saturated heterocycles. The predicted molar refractivity (Wildman–Crippen MR) is 57.9 cm³/mol. The van der Waals surface area contributed by atoms with Gasteiger partial charge in [0, 0.05) is 5.69 Å². The van der Waals surface area contributed by atoms with Crippen molar-refractivity contribution in [1.29, 1.82) is 0 Å². The van der Waals surface area contributed by atoms with Gasteiger partial charge in [0.25, 0.3) is 0 Å². The first kappa shape index (κ1) is 9.90. The zero-order chi connectivity index (χ0) is 11.0. The average Bonchev–Trinajstić information content (AvgIpc) is 2.50. The zero-order valence-electron chi connectivity index (χ0n) is 8.91. The van der Waals surface area contributed by atoms with Crippen molar-refractivity contribution in [2.75, 3.05) is 11.4 Å². The Morgan fingerprint density at radius 3 is 2.53 bits per heavy atom. The number of Topliss-reactive ketones (excluding diaryl/α,β-unsaturated/α-hetero) is 1. The standard InChI is InChI=1S/C12H13NO2/c1-8-3-4-9(2)11(5-8)13-7-10(14)6-12(13)15/h3-5H,6-7H2,1-2H3. The summed E-state index contributed by atoms with van der Waals surface area (Å²) in [6, 6.07) is 5.92. The van der Waals surface area contributed by atoms with E-state index in [2.05, 4.69) is 0 Å². The number of carbonyl (C=O) groups excluding carboxylic acids is 2. The summed E-state index contributed by atoms with van der Waals surface area (Å²) in [5.74, 6) is -0.0883. The first-order valence-electron chi connectivity index (χ1n) is 4.97. The van der Waals surface area contributed by atoms with Gasteiger partial charge in [0.2, 0.25) is 5.91 Å². The molecule has 0 unspecified atom stereocenters. The molecular formula is C12H13NO2. The van der Waals surface area contributed by atoms with Gasteiger partial charge in [-0.1, -0.05) is 12.1 Å². The summed E-state index contributed by atoms with van der Waals surface area (Å²) in [5, 5.41) is 0. The number of hydrogen-bond donors (Lipinski definition) is 0. The maximum absolute atomic E-state index is 11.6. The Balaban J connectivity index is 2.41. The molecule has 2 rings (SSSR count). The van der Waals surface area contributed by atoms with Crippen molar-refractivity contribution in [3.8, 4) is 0 Å². The molecule has 0 spiro atoms. The Morgan fingerprint density at radius 1 is 1.20 bits per heavy atom. The minimum Gasteiger partial charge on any atom is -0.304 e. The number of aryl methyl sites for hydroxylation is 2. The lowest BCUT2D eigenvalue weighted by Gasteiger charge is -2.17. The second-order valence-corrected chi connectivity index (χ2v) is 3.99. The number of hydrogen-bond acceptors (Lipinski definition) is 2. The van der Waals surface area contributed by atoms with Crippen LogP contribution >= 0.6 is 0 Å². The van der Waals surface area contributed by atoms with E-state index in [1.54, 1.807) is 4.90 Å².